The van der Waals surface area contributed by atoms with E-state index in [0.29, 0.717) is 49.4 Å². The number of nitrogens with zero attached hydrogens (tertiary/aromatic N) is 7. The second-order valence-electron chi connectivity index (χ2n) is 13.4. The van der Waals surface area contributed by atoms with Crippen LogP contribution in [0.25, 0.3) is 0 Å². The SMILES string of the molecule is COc1nc2c(c(N3CCCn4nc(C(=O)N(C)C)c(Cl)c4C3)n1)COC(c1c(F)c(N)cc(Cl)c1S(F)(F)(F)(F)F)C2.FC1CC2CCCN2C1. The van der Waals surface area contributed by atoms with Gasteiger partial charge in [0.15, 0.2) is 11.5 Å². The Kier molecular flexibility index (Phi) is 9.80. The summed E-state index contributed by atoms with van der Waals surface area (Å²) in [4.78, 5) is 24.0. The molecule has 2 aromatic heterocycles. The lowest BCUT2D eigenvalue weighted by Crippen LogP contribution is -2.29. The number of methoxy groups -OCH3 is 1. The molecule has 6 heterocycles. The van der Waals surface area contributed by atoms with E-state index in [-0.39, 0.29) is 34.8 Å². The zero-order chi connectivity index (χ0) is 38.0. The van der Waals surface area contributed by atoms with Crippen molar-refractivity contribution < 1.29 is 42.5 Å². The zero-order valence-electron chi connectivity index (χ0n) is 28.3. The van der Waals surface area contributed by atoms with E-state index in [9.17, 15) is 28.6 Å². The van der Waals surface area contributed by atoms with Crippen LogP contribution in [0.3, 0.4) is 0 Å². The maximum Gasteiger partial charge on any atom is 0.318 e. The number of hydrogen-bond acceptors (Lipinski definition) is 9. The van der Waals surface area contributed by atoms with Crippen molar-refractivity contribution in [2.75, 3.05) is 51.5 Å². The molecule has 3 unspecified atom stereocenters. The van der Waals surface area contributed by atoms with Gasteiger partial charge in [0.1, 0.15) is 16.9 Å². The molecule has 1 amide bonds. The Bertz CT molecular complexity index is 1890. The van der Waals surface area contributed by atoms with Gasteiger partial charge in [-0.3, -0.25) is 14.4 Å². The van der Waals surface area contributed by atoms with Gasteiger partial charge in [-0.15, -0.1) is 0 Å². The molecule has 0 radical (unpaired) electrons. The van der Waals surface area contributed by atoms with Crippen LogP contribution in [0, 0.1) is 5.82 Å². The first-order chi connectivity index (χ1) is 24.2. The molecular weight excluding hydrogens is 768 g/mol. The second kappa shape index (κ2) is 13.2. The fourth-order valence-electron chi connectivity index (χ4n) is 7.14. The van der Waals surface area contributed by atoms with Crippen LogP contribution in [0.4, 0.5) is 39.7 Å². The summed E-state index contributed by atoms with van der Waals surface area (Å²) in [6.45, 7) is 2.33. The molecule has 7 rings (SSSR count). The average Bonchev–Trinajstić information content (AvgIpc) is 3.67. The van der Waals surface area contributed by atoms with E-state index in [1.54, 1.807) is 23.7 Å². The Morgan fingerprint density at radius 3 is 2.50 bits per heavy atom. The van der Waals surface area contributed by atoms with E-state index in [4.69, 9.17) is 38.4 Å². The molecule has 0 saturated carbocycles. The van der Waals surface area contributed by atoms with E-state index in [1.165, 1.54) is 24.9 Å². The highest BCUT2D eigenvalue weighted by Gasteiger charge is 2.68. The molecule has 0 bridgehead atoms. The zero-order valence-corrected chi connectivity index (χ0v) is 30.7. The van der Waals surface area contributed by atoms with Gasteiger partial charge >= 0.3 is 16.2 Å². The van der Waals surface area contributed by atoms with Crippen LogP contribution in [0.2, 0.25) is 10.0 Å². The van der Waals surface area contributed by atoms with Crippen molar-refractivity contribution in [3.63, 3.8) is 0 Å². The van der Waals surface area contributed by atoms with Gasteiger partial charge < -0.3 is 25.0 Å². The van der Waals surface area contributed by atoms with Crippen molar-refractivity contribution in [3.05, 3.63) is 50.1 Å². The number of aryl methyl sites for hydroxylation is 1. The number of carbonyl (C=O) groups is 1. The number of nitrogen functional groups attached to an aromatic ring is 1. The number of benzene rings is 1. The summed E-state index contributed by atoms with van der Waals surface area (Å²) in [6.07, 6.45) is 0.908. The Labute approximate surface area is 304 Å². The van der Waals surface area contributed by atoms with Gasteiger partial charge in [-0.2, -0.15) is 15.1 Å². The van der Waals surface area contributed by atoms with Crippen molar-refractivity contribution >= 4 is 50.8 Å². The van der Waals surface area contributed by atoms with Crippen LogP contribution in [0.15, 0.2) is 11.0 Å². The monoisotopic (exact) mass is 804 g/mol. The van der Waals surface area contributed by atoms with Crippen molar-refractivity contribution in [1.29, 1.82) is 0 Å². The van der Waals surface area contributed by atoms with E-state index < -0.39 is 68.4 Å². The van der Waals surface area contributed by atoms with Crippen molar-refractivity contribution in [2.45, 2.75) is 75.0 Å². The summed E-state index contributed by atoms with van der Waals surface area (Å²) >= 11 is 12.2. The first-order valence-electron chi connectivity index (χ1n) is 16.3. The van der Waals surface area contributed by atoms with E-state index in [2.05, 4.69) is 20.0 Å². The van der Waals surface area contributed by atoms with Crippen LogP contribution in [-0.4, -0.2) is 88.5 Å². The van der Waals surface area contributed by atoms with Gasteiger partial charge in [-0.1, -0.05) is 42.6 Å². The van der Waals surface area contributed by atoms with Gasteiger partial charge in [0.05, 0.1) is 53.5 Å². The highest BCUT2D eigenvalue weighted by atomic mass is 35.5. The number of aromatic nitrogens is 4. The summed E-state index contributed by atoms with van der Waals surface area (Å²) in [5.41, 5.74) is 4.11. The lowest BCUT2D eigenvalue weighted by Gasteiger charge is -2.43. The molecule has 21 heteroatoms. The smallest absolute Gasteiger partial charge is 0.318 e. The van der Waals surface area contributed by atoms with Crippen molar-refractivity contribution in [2.24, 2.45) is 0 Å². The largest absolute Gasteiger partial charge is 0.467 e. The average molecular weight is 806 g/mol. The van der Waals surface area contributed by atoms with E-state index in [0.717, 1.165) is 13.0 Å². The number of ether oxygens (including phenoxy) is 2. The minimum Gasteiger partial charge on any atom is -0.467 e. The number of amides is 1. The topological polar surface area (TPSA) is 115 Å². The maximum absolute atomic E-state index is 15.1. The summed E-state index contributed by atoms with van der Waals surface area (Å²) in [7, 11) is -6.14. The lowest BCUT2D eigenvalue weighted by molar-refractivity contribution is 0.0212. The predicted octanol–water partition coefficient (Wildman–Crippen LogP) is 7.49. The standard InChI is InChI=1S/C24H25Cl2F6N7O3S.C7H12FN/c1-37(2)23(40)20-18(26)15-9-38(5-4-6-39(15)36-20)22-11-10-42-16(8-14(11)34-24(35-22)41-3)17-19(27)13(33)7-12(25)21(17)43(28,29,30,31)32;8-6-4-7-2-1-3-9(7)5-6/h7,16H,4-6,8-10,33H2,1-3H3;6-7H,1-5H2. The number of nitrogens with two attached hydrogens (primary N) is 1. The molecule has 2 saturated heterocycles. The Hall–Kier alpha value is -3.26. The van der Waals surface area contributed by atoms with Crippen LogP contribution >= 0.6 is 33.4 Å². The third-order valence-corrected chi connectivity index (χ3v) is 11.5. The number of anilines is 2. The minimum absolute atomic E-state index is 0.0690. The normalized spacial score (nSPS) is 23.0. The number of fused-ring (bicyclic) bond motifs is 3. The van der Waals surface area contributed by atoms with Crippen LogP contribution in [0.1, 0.15) is 64.8 Å². The molecule has 52 heavy (non-hydrogen) atoms. The molecule has 3 atom stereocenters. The second-order valence-corrected chi connectivity index (χ2v) is 16.5. The van der Waals surface area contributed by atoms with Gasteiger partial charge in [-0.25, -0.2) is 8.78 Å². The van der Waals surface area contributed by atoms with E-state index >= 15 is 4.39 Å². The Morgan fingerprint density at radius 1 is 1.12 bits per heavy atom. The Balaban J connectivity index is 0.000000444. The molecule has 0 spiro atoms. The van der Waals surface area contributed by atoms with Gasteiger partial charge in [0, 0.05) is 57.3 Å². The number of hydrogen-bond donors (Lipinski definition) is 1. The minimum atomic E-state index is -10.5. The van der Waals surface area contributed by atoms with Crippen LogP contribution in [-0.2, 0) is 30.9 Å². The number of rotatable bonds is 5. The molecule has 2 N–H and O–H groups in total. The summed E-state index contributed by atoms with van der Waals surface area (Å²) in [5.74, 6) is -1.84. The Morgan fingerprint density at radius 2 is 1.85 bits per heavy atom. The molecule has 3 aromatic rings. The first kappa shape index (κ1) is 38.5. The molecule has 1 aromatic carbocycles. The molecule has 4 aliphatic rings. The molecular formula is C31H37Cl2F7N8O3S. The van der Waals surface area contributed by atoms with Crippen LogP contribution < -0.4 is 15.4 Å². The summed E-state index contributed by atoms with van der Waals surface area (Å²) < 4.78 is 111. The summed E-state index contributed by atoms with van der Waals surface area (Å²) in [5, 5.41) is 3.06. The fourth-order valence-corrected chi connectivity index (χ4v) is 9.13. The predicted molar refractivity (Wildman–Crippen MR) is 182 cm³/mol. The van der Waals surface area contributed by atoms with Crippen molar-refractivity contribution in [1.82, 2.24) is 29.5 Å². The van der Waals surface area contributed by atoms with E-state index in [1.807, 2.05) is 0 Å². The number of carbonyl (C=O) groups excluding carboxylic acids is 1. The lowest BCUT2D eigenvalue weighted by atomic mass is 9.98. The molecule has 11 nitrogen and oxygen atoms in total. The van der Waals surface area contributed by atoms with Gasteiger partial charge in [0.2, 0.25) is 0 Å². The van der Waals surface area contributed by atoms with Crippen LogP contribution in [0.5, 0.6) is 6.01 Å². The third kappa shape index (κ3) is 7.56. The van der Waals surface area contributed by atoms with Gasteiger partial charge in [0.25, 0.3) is 5.91 Å². The van der Waals surface area contributed by atoms with Gasteiger partial charge in [-0.05, 0) is 38.3 Å². The third-order valence-electron chi connectivity index (χ3n) is 9.48. The molecule has 288 valence electrons. The van der Waals surface area contributed by atoms with Crippen molar-refractivity contribution in [3.8, 4) is 6.01 Å². The summed E-state index contributed by atoms with van der Waals surface area (Å²) in [6, 6.07) is 0.723. The quantitative estimate of drug-likeness (QED) is 0.207. The number of halogens is 9. The number of alkyl halides is 1. The highest BCUT2D eigenvalue weighted by Crippen LogP contribution is 3.03. The molecule has 0 aliphatic carbocycles. The fraction of sp³-hybridized carbons (Fsp3) is 0.548. The first-order valence-corrected chi connectivity index (χ1v) is 19.0. The highest BCUT2D eigenvalue weighted by molar-refractivity contribution is 8.45. The molecule has 2 fully saturated rings. The molecule has 4 aliphatic heterocycles. The maximum atomic E-state index is 15.1.